The van der Waals surface area contributed by atoms with Crippen molar-refractivity contribution >= 4 is 23.1 Å². The van der Waals surface area contributed by atoms with Crippen molar-refractivity contribution in [1.29, 1.82) is 0 Å². The second-order valence-corrected chi connectivity index (χ2v) is 7.68. The molecule has 168 valence electrons. The molecule has 2 heterocycles. The Morgan fingerprint density at radius 3 is 2.33 bits per heavy atom. The number of rotatable bonds is 4. The van der Waals surface area contributed by atoms with Gasteiger partial charge < -0.3 is 9.84 Å². The number of aliphatic hydroxyl groups is 1. The van der Waals surface area contributed by atoms with Gasteiger partial charge in [-0.05, 0) is 66.9 Å². The first-order chi connectivity index (χ1) is 15.7. The van der Waals surface area contributed by atoms with Gasteiger partial charge in [0.2, 0.25) is 0 Å². The van der Waals surface area contributed by atoms with Crippen LogP contribution in [-0.2, 0) is 9.59 Å². The van der Waals surface area contributed by atoms with Crippen molar-refractivity contribution in [3.63, 3.8) is 0 Å². The van der Waals surface area contributed by atoms with E-state index in [-0.39, 0.29) is 17.0 Å². The molecule has 1 unspecified atom stereocenters. The molecule has 1 fully saturated rings. The molecule has 1 aromatic heterocycles. The number of hydrogen-bond acceptors (Lipinski definition) is 5. The molecule has 8 heteroatoms. The van der Waals surface area contributed by atoms with Crippen molar-refractivity contribution in [3.05, 3.63) is 94.3 Å². The number of aryl methyl sites for hydroxylation is 2. The van der Waals surface area contributed by atoms with Crippen molar-refractivity contribution < 1.29 is 28.2 Å². The van der Waals surface area contributed by atoms with Gasteiger partial charge in [-0.2, -0.15) is 0 Å². The fraction of sp³-hybridized carbons (Fsp3) is 0.160. The Labute approximate surface area is 188 Å². The molecule has 1 aliphatic rings. The molecule has 3 aromatic rings. The highest BCUT2D eigenvalue weighted by Gasteiger charge is 2.47. The molecule has 33 heavy (non-hydrogen) atoms. The van der Waals surface area contributed by atoms with Crippen molar-refractivity contribution in [3.8, 4) is 5.75 Å². The topological polar surface area (TPSA) is 79.7 Å². The smallest absolute Gasteiger partial charge is 0.300 e. The van der Waals surface area contributed by atoms with E-state index >= 15 is 0 Å². The van der Waals surface area contributed by atoms with Crippen molar-refractivity contribution in [2.24, 2.45) is 0 Å². The van der Waals surface area contributed by atoms with E-state index in [1.807, 2.05) is 0 Å². The van der Waals surface area contributed by atoms with E-state index in [1.54, 1.807) is 38.1 Å². The lowest BCUT2D eigenvalue weighted by Gasteiger charge is -2.25. The minimum Gasteiger partial charge on any atom is -0.507 e. The molecule has 1 amide bonds. The zero-order valence-corrected chi connectivity index (χ0v) is 18.1. The van der Waals surface area contributed by atoms with E-state index in [1.165, 1.54) is 25.6 Å². The standard InChI is InChI=1S/C25H20F2N2O4/c1-13-11-20(33-3)14(2)10-17(13)23(30)21-22(15-6-8-28-9-7-15)29(25(32)24(21)31)16-4-5-18(26)19(27)12-16/h4-12,22,30H,1-3H3/b23-21+. The largest absolute Gasteiger partial charge is 0.507 e. The molecule has 1 saturated heterocycles. The van der Waals surface area contributed by atoms with E-state index in [9.17, 15) is 23.5 Å². The van der Waals surface area contributed by atoms with Crippen molar-refractivity contribution in [2.45, 2.75) is 19.9 Å². The maximum absolute atomic E-state index is 14.0. The van der Waals surface area contributed by atoms with E-state index in [2.05, 4.69) is 4.98 Å². The second kappa shape index (κ2) is 8.46. The number of anilines is 1. The number of carbonyl (C=O) groups is 2. The summed E-state index contributed by atoms with van der Waals surface area (Å²) in [6.45, 7) is 3.53. The molecule has 1 atom stereocenters. The second-order valence-electron chi connectivity index (χ2n) is 7.68. The maximum atomic E-state index is 14.0. The summed E-state index contributed by atoms with van der Waals surface area (Å²) >= 11 is 0. The zero-order chi connectivity index (χ0) is 23.9. The van der Waals surface area contributed by atoms with Crippen LogP contribution in [0.25, 0.3) is 5.76 Å². The SMILES string of the molecule is COc1cc(C)c(/C(O)=C2\C(=O)C(=O)N(c3ccc(F)c(F)c3)C2c2ccncc2)cc1C. The molecule has 6 nitrogen and oxygen atoms in total. The zero-order valence-electron chi connectivity index (χ0n) is 18.1. The van der Waals surface area contributed by atoms with Gasteiger partial charge in [0.25, 0.3) is 11.7 Å². The lowest BCUT2D eigenvalue weighted by atomic mass is 9.93. The normalized spacial score (nSPS) is 17.5. The van der Waals surface area contributed by atoms with E-state index in [0.717, 1.165) is 22.6 Å². The highest BCUT2D eigenvalue weighted by atomic mass is 19.2. The molecule has 0 aliphatic carbocycles. The average Bonchev–Trinajstić information content (AvgIpc) is 3.07. The first-order valence-electron chi connectivity index (χ1n) is 10.1. The maximum Gasteiger partial charge on any atom is 0.300 e. The molecule has 1 N–H and O–H groups in total. The van der Waals surface area contributed by atoms with Crippen LogP contribution < -0.4 is 9.64 Å². The first kappa shape index (κ1) is 22.1. The number of aromatic nitrogens is 1. The van der Waals surface area contributed by atoms with Gasteiger partial charge in [0.05, 0.1) is 18.7 Å². The Morgan fingerprint density at radius 1 is 1.00 bits per heavy atom. The Hall–Kier alpha value is -4.07. The molecule has 0 saturated carbocycles. The number of ketones is 1. The van der Waals surface area contributed by atoms with Crippen molar-refractivity contribution in [2.75, 3.05) is 12.0 Å². The van der Waals surface area contributed by atoms with Crippen LogP contribution in [0.5, 0.6) is 5.75 Å². The first-order valence-corrected chi connectivity index (χ1v) is 10.1. The van der Waals surface area contributed by atoms with Crippen LogP contribution in [0.3, 0.4) is 0 Å². The monoisotopic (exact) mass is 450 g/mol. The third-order valence-electron chi connectivity index (χ3n) is 5.64. The molecule has 0 spiro atoms. The fourth-order valence-corrected chi connectivity index (χ4v) is 4.00. The summed E-state index contributed by atoms with van der Waals surface area (Å²) in [5, 5.41) is 11.3. The number of aliphatic hydroxyl groups excluding tert-OH is 1. The number of benzene rings is 2. The quantitative estimate of drug-likeness (QED) is 0.357. The summed E-state index contributed by atoms with van der Waals surface area (Å²) in [4.78, 5) is 31.2. The number of halogens is 2. The van der Waals surface area contributed by atoms with Crippen LogP contribution >= 0.6 is 0 Å². The van der Waals surface area contributed by atoms with Crippen LogP contribution in [0.1, 0.15) is 28.3 Å². The van der Waals surface area contributed by atoms with Crippen LogP contribution in [0, 0.1) is 25.5 Å². The molecule has 2 aromatic carbocycles. The minimum absolute atomic E-state index is 0.0144. The predicted octanol–water partition coefficient (Wildman–Crippen LogP) is 4.61. The number of hydrogen-bond donors (Lipinski definition) is 1. The summed E-state index contributed by atoms with van der Waals surface area (Å²) in [5.74, 6) is -3.91. The van der Waals surface area contributed by atoms with Crippen LogP contribution in [0.15, 0.2) is 60.4 Å². The molecule has 0 bridgehead atoms. The van der Waals surface area contributed by atoms with Gasteiger partial charge in [0.1, 0.15) is 11.5 Å². The van der Waals surface area contributed by atoms with Gasteiger partial charge in [-0.1, -0.05) is 0 Å². The summed E-state index contributed by atoms with van der Waals surface area (Å²) in [5.41, 5.74) is 2.00. The Morgan fingerprint density at radius 2 is 1.70 bits per heavy atom. The van der Waals surface area contributed by atoms with E-state index < -0.39 is 29.4 Å². The molecular formula is C25H20F2N2O4. The van der Waals surface area contributed by atoms with Crippen molar-refractivity contribution in [1.82, 2.24) is 4.98 Å². The lowest BCUT2D eigenvalue weighted by Crippen LogP contribution is -2.29. The number of nitrogens with zero attached hydrogens (tertiary/aromatic N) is 2. The van der Waals surface area contributed by atoms with Crippen LogP contribution in [-0.4, -0.2) is 28.9 Å². The Balaban J connectivity index is 1.97. The molecular weight excluding hydrogens is 430 g/mol. The third-order valence-corrected chi connectivity index (χ3v) is 5.64. The Kier molecular flexibility index (Phi) is 5.68. The average molecular weight is 450 g/mol. The van der Waals surface area contributed by atoms with Gasteiger partial charge in [-0.25, -0.2) is 8.78 Å². The number of methoxy groups -OCH3 is 1. The summed E-state index contributed by atoms with van der Waals surface area (Å²) in [6, 6.07) is 8.42. The van der Waals surface area contributed by atoms with Gasteiger partial charge in [-0.3, -0.25) is 19.5 Å². The van der Waals surface area contributed by atoms with Gasteiger partial charge >= 0.3 is 0 Å². The number of Topliss-reactive ketones (excluding diaryl/α,β-unsaturated/α-hetero) is 1. The van der Waals surface area contributed by atoms with Gasteiger partial charge in [0, 0.05) is 29.7 Å². The lowest BCUT2D eigenvalue weighted by molar-refractivity contribution is -0.132. The van der Waals surface area contributed by atoms with Crippen LogP contribution in [0.4, 0.5) is 14.5 Å². The number of pyridine rings is 1. The van der Waals surface area contributed by atoms with Gasteiger partial charge in [-0.15, -0.1) is 0 Å². The predicted molar refractivity (Wildman–Crippen MR) is 118 cm³/mol. The summed E-state index contributed by atoms with van der Waals surface area (Å²) < 4.78 is 32.8. The Bertz CT molecular complexity index is 1310. The van der Waals surface area contributed by atoms with E-state index in [4.69, 9.17) is 4.74 Å². The van der Waals surface area contributed by atoms with Crippen LogP contribution in [0.2, 0.25) is 0 Å². The number of ether oxygens (including phenoxy) is 1. The van der Waals surface area contributed by atoms with Gasteiger partial charge in [0.15, 0.2) is 11.6 Å². The molecule has 4 rings (SSSR count). The number of amides is 1. The highest BCUT2D eigenvalue weighted by molar-refractivity contribution is 6.51. The number of carbonyl (C=O) groups excluding carboxylic acids is 2. The fourth-order valence-electron chi connectivity index (χ4n) is 4.00. The molecule has 1 aliphatic heterocycles. The summed E-state index contributed by atoms with van der Waals surface area (Å²) in [6.07, 6.45) is 2.95. The minimum atomic E-state index is -1.16. The third kappa shape index (κ3) is 3.73. The summed E-state index contributed by atoms with van der Waals surface area (Å²) in [7, 11) is 1.53. The highest BCUT2D eigenvalue weighted by Crippen LogP contribution is 2.43. The molecule has 0 radical (unpaired) electrons. The van der Waals surface area contributed by atoms with E-state index in [0.29, 0.717) is 22.4 Å².